The first-order chi connectivity index (χ1) is 12.5. The second-order valence-corrected chi connectivity index (χ2v) is 6.84. The molecule has 0 amide bonds. The van der Waals surface area contributed by atoms with E-state index >= 15 is 0 Å². The first-order valence-electron chi connectivity index (χ1n) is 7.98. The molecule has 7 heteroatoms. The van der Waals surface area contributed by atoms with Crippen molar-refractivity contribution in [1.82, 2.24) is 19.4 Å². The number of hydrogen-bond acceptors (Lipinski definition) is 3. The zero-order chi connectivity index (χ0) is 18.3. The number of benzene rings is 1. The molecule has 0 aliphatic carbocycles. The summed E-state index contributed by atoms with van der Waals surface area (Å²) in [5.74, 6) is 0. The molecular formula is C19H14Cl2N4O. The molecular weight excluding hydrogens is 371 g/mol. The van der Waals surface area contributed by atoms with Crippen LogP contribution in [-0.2, 0) is 6.42 Å². The highest BCUT2D eigenvalue weighted by Gasteiger charge is 2.13. The Bertz CT molecular complexity index is 1160. The Balaban J connectivity index is 1.82. The number of nitrogens with one attached hydrogen (secondary N) is 1. The standard InChI is InChI=1S/C19H14Cl2N4O/c1-11-17(7-13-6-14(20)3-4-15(13)21)25-10-16(22-9-18(25)24-11)12-2-5-19(26)23-8-12/h2-6,8-10H,7H2,1H3,(H,23,26). The Morgan fingerprint density at radius 2 is 2.04 bits per heavy atom. The quantitative estimate of drug-likeness (QED) is 0.572. The van der Waals surface area contributed by atoms with Crippen molar-refractivity contribution >= 4 is 28.8 Å². The maximum Gasteiger partial charge on any atom is 0.247 e. The van der Waals surface area contributed by atoms with Gasteiger partial charge in [0.1, 0.15) is 0 Å². The van der Waals surface area contributed by atoms with Crippen molar-refractivity contribution in [2.24, 2.45) is 0 Å². The summed E-state index contributed by atoms with van der Waals surface area (Å²) in [6.45, 7) is 1.96. The monoisotopic (exact) mass is 384 g/mol. The normalized spacial score (nSPS) is 11.2. The van der Waals surface area contributed by atoms with Gasteiger partial charge in [-0.3, -0.25) is 14.2 Å². The molecule has 0 spiro atoms. The first-order valence-corrected chi connectivity index (χ1v) is 8.73. The third kappa shape index (κ3) is 3.11. The number of pyridine rings is 1. The SMILES string of the molecule is Cc1nc2cnc(-c3ccc(=O)[nH]c3)cn2c1Cc1cc(Cl)ccc1Cl. The number of aromatic amines is 1. The van der Waals surface area contributed by atoms with Gasteiger partial charge in [0.15, 0.2) is 5.65 Å². The topological polar surface area (TPSA) is 63.0 Å². The summed E-state index contributed by atoms with van der Waals surface area (Å²) < 4.78 is 2.00. The van der Waals surface area contributed by atoms with Gasteiger partial charge >= 0.3 is 0 Å². The summed E-state index contributed by atoms with van der Waals surface area (Å²) in [5, 5.41) is 1.31. The Hall–Kier alpha value is -2.63. The van der Waals surface area contributed by atoms with E-state index in [1.54, 1.807) is 30.6 Å². The van der Waals surface area contributed by atoms with Crippen molar-refractivity contribution in [3.8, 4) is 11.3 Å². The van der Waals surface area contributed by atoms with Crippen LogP contribution in [0.15, 0.2) is 53.7 Å². The van der Waals surface area contributed by atoms with Crippen LogP contribution in [0.25, 0.3) is 16.9 Å². The van der Waals surface area contributed by atoms with E-state index in [1.807, 2.05) is 23.6 Å². The second kappa shape index (κ2) is 6.59. The molecule has 0 radical (unpaired) electrons. The van der Waals surface area contributed by atoms with E-state index in [4.69, 9.17) is 23.2 Å². The van der Waals surface area contributed by atoms with Gasteiger partial charge < -0.3 is 4.98 Å². The van der Waals surface area contributed by atoms with Crippen LogP contribution >= 0.6 is 23.2 Å². The van der Waals surface area contributed by atoms with Crippen molar-refractivity contribution in [1.29, 1.82) is 0 Å². The summed E-state index contributed by atoms with van der Waals surface area (Å²) >= 11 is 12.4. The number of aromatic nitrogens is 4. The van der Waals surface area contributed by atoms with Crippen molar-refractivity contribution in [3.63, 3.8) is 0 Å². The van der Waals surface area contributed by atoms with E-state index in [2.05, 4.69) is 15.0 Å². The van der Waals surface area contributed by atoms with Gasteiger partial charge in [0.2, 0.25) is 5.56 Å². The summed E-state index contributed by atoms with van der Waals surface area (Å²) in [7, 11) is 0. The van der Waals surface area contributed by atoms with Gasteiger partial charge in [0.25, 0.3) is 0 Å². The minimum atomic E-state index is -0.149. The van der Waals surface area contributed by atoms with Crippen LogP contribution < -0.4 is 5.56 Å². The van der Waals surface area contributed by atoms with E-state index in [0.29, 0.717) is 16.5 Å². The van der Waals surface area contributed by atoms with Gasteiger partial charge in [0.05, 0.1) is 17.6 Å². The predicted octanol–water partition coefficient (Wildman–Crippen LogP) is 4.29. The molecule has 0 aliphatic heterocycles. The van der Waals surface area contributed by atoms with Crippen LogP contribution in [0.3, 0.4) is 0 Å². The summed E-state index contributed by atoms with van der Waals surface area (Å²) in [6, 6.07) is 8.65. The maximum absolute atomic E-state index is 11.3. The molecule has 0 fully saturated rings. The predicted molar refractivity (Wildman–Crippen MR) is 103 cm³/mol. The van der Waals surface area contributed by atoms with Gasteiger partial charge in [-0.15, -0.1) is 0 Å². The number of nitrogens with zero attached hydrogens (tertiary/aromatic N) is 3. The van der Waals surface area contributed by atoms with Crippen molar-refractivity contribution < 1.29 is 0 Å². The minimum Gasteiger partial charge on any atom is -0.328 e. The highest BCUT2D eigenvalue weighted by molar-refractivity contribution is 6.33. The number of H-pyrrole nitrogens is 1. The van der Waals surface area contributed by atoms with Gasteiger partial charge in [0, 0.05) is 46.2 Å². The molecule has 130 valence electrons. The molecule has 0 atom stereocenters. The molecule has 0 unspecified atom stereocenters. The molecule has 26 heavy (non-hydrogen) atoms. The van der Waals surface area contributed by atoms with E-state index < -0.39 is 0 Å². The largest absolute Gasteiger partial charge is 0.328 e. The van der Waals surface area contributed by atoms with E-state index in [1.165, 1.54) is 6.07 Å². The van der Waals surface area contributed by atoms with Crippen molar-refractivity contribution in [2.75, 3.05) is 0 Å². The lowest BCUT2D eigenvalue weighted by Gasteiger charge is -2.08. The molecule has 0 aliphatic rings. The molecule has 1 N–H and O–H groups in total. The lowest BCUT2D eigenvalue weighted by molar-refractivity contribution is 0.997. The molecule has 5 nitrogen and oxygen atoms in total. The third-order valence-electron chi connectivity index (χ3n) is 4.25. The van der Waals surface area contributed by atoms with Gasteiger partial charge in [-0.1, -0.05) is 23.2 Å². The Morgan fingerprint density at radius 3 is 2.81 bits per heavy atom. The fraction of sp³-hybridized carbons (Fsp3) is 0.105. The van der Waals surface area contributed by atoms with E-state index in [0.717, 1.165) is 33.9 Å². The number of rotatable bonds is 3. The van der Waals surface area contributed by atoms with Gasteiger partial charge in [-0.25, -0.2) is 4.98 Å². The molecule has 3 aromatic heterocycles. The van der Waals surface area contributed by atoms with Crippen LogP contribution in [0, 0.1) is 6.92 Å². The first kappa shape index (κ1) is 16.8. The molecule has 4 aromatic rings. The zero-order valence-corrected chi connectivity index (χ0v) is 15.3. The average Bonchev–Trinajstić information content (AvgIpc) is 2.94. The third-order valence-corrected chi connectivity index (χ3v) is 4.86. The lowest BCUT2D eigenvalue weighted by atomic mass is 10.1. The summed E-state index contributed by atoms with van der Waals surface area (Å²) in [6.07, 6.45) is 5.88. The number of hydrogen-bond donors (Lipinski definition) is 1. The van der Waals surface area contributed by atoms with Gasteiger partial charge in [-0.05, 0) is 36.8 Å². The highest BCUT2D eigenvalue weighted by atomic mass is 35.5. The molecule has 4 rings (SSSR count). The number of fused-ring (bicyclic) bond motifs is 1. The molecule has 0 saturated carbocycles. The van der Waals surface area contributed by atoms with Crippen LogP contribution in [0.4, 0.5) is 0 Å². The molecule has 0 bridgehead atoms. The Kier molecular flexibility index (Phi) is 4.26. The van der Waals surface area contributed by atoms with Crippen LogP contribution in [0.5, 0.6) is 0 Å². The van der Waals surface area contributed by atoms with Crippen molar-refractivity contribution in [2.45, 2.75) is 13.3 Å². The number of halogens is 2. The summed E-state index contributed by atoms with van der Waals surface area (Å²) in [5.41, 5.74) is 5.02. The zero-order valence-electron chi connectivity index (χ0n) is 13.8. The van der Waals surface area contributed by atoms with Crippen LogP contribution in [0.1, 0.15) is 17.0 Å². The van der Waals surface area contributed by atoms with Crippen LogP contribution in [0.2, 0.25) is 10.0 Å². The van der Waals surface area contributed by atoms with E-state index in [9.17, 15) is 4.79 Å². The number of imidazole rings is 1. The van der Waals surface area contributed by atoms with Gasteiger partial charge in [-0.2, -0.15) is 0 Å². The average molecular weight is 385 g/mol. The molecule has 3 heterocycles. The van der Waals surface area contributed by atoms with Crippen molar-refractivity contribution in [3.05, 3.63) is 86.3 Å². The minimum absolute atomic E-state index is 0.149. The van der Waals surface area contributed by atoms with Crippen LogP contribution in [-0.4, -0.2) is 19.4 Å². The number of aryl methyl sites for hydroxylation is 1. The summed E-state index contributed by atoms with van der Waals surface area (Å²) in [4.78, 5) is 23.0. The smallest absolute Gasteiger partial charge is 0.247 e. The fourth-order valence-electron chi connectivity index (χ4n) is 2.91. The Labute approximate surface area is 159 Å². The van der Waals surface area contributed by atoms with E-state index in [-0.39, 0.29) is 5.56 Å². The fourth-order valence-corrected chi connectivity index (χ4v) is 3.29. The molecule has 0 saturated heterocycles. The maximum atomic E-state index is 11.3. The Morgan fingerprint density at radius 1 is 1.19 bits per heavy atom. The lowest BCUT2D eigenvalue weighted by Crippen LogP contribution is -2.03. The highest BCUT2D eigenvalue weighted by Crippen LogP contribution is 2.26. The molecule has 1 aromatic carbocycles. The second-order valence-electron chi connectivity index (χ2n) is 6.00.